The predicted octanol–water partition coefficient (Wildman–Crippen LogP) is 4.43. The lowest BCUT2D eigenvalue weighted by Crippen LogP contribution is -2.40. The van der Waals surface area contributed by atoms with Crippen molar-refractivity contribution in [2.45, 2.75) is 90.5 Å². The highest BCUT2D eigenvalue weighted by Crippen LogP contribution is 2.20. The van der Waals surface area contributed by atoms with Crippen LogP contribution in [0.5, 0.6) is 0 Å². The normalized spacial score (nSPS) is 18.6. The summed E-state index contributed by atoms with van der Waals surface area (Å²) >= 11 is 0. The molecule has 0 saturated heterocycles. The molecule has 1 rings (SSSR count). The van der Waals surface area contributed by atoms with Gasteiger partial charge in [-0.1, -0.05) is 58.8 Å². The summed E-state index contributed by atoms with van der Waals surface area (Å²) in [5, 5.41) is 3.29. The molecule has 0 radical (unpaired) electrons. The molecule has 18 heavy (non-hydrogen) atoms. The van der Waals surface area contributed by atoms with E-state index in [2.05, 4.69) is 19.2 Å². The van der Waals surface area contributed by atoms with Crippen molar-refractivity contribution in [3.8, 4) is 0 Å². The second kappa shape index (κ2) is 9.41. The maximum atomic E-state index is 12.3. The van der Waals surface area contributed by atoms with Gasteiger partial charge in [-0.2, -0.15) is 0 Å². The van der Waals surface area contributed by atoms with E-state index in [4.69, 9.17) is 0 Å². The molecule has 0 spiro atoms. The summed E-state index contributed by atoms with van der Waals surface area (Å²) in [5.41, 5.74) is 0. The molecule has 1 saturated carbocycles. The zero-order valence-electron chi connectivity index (χ0n) is 12.3. The minimum absolute atomic E-state index is 0.267. The summed E-state index contributed by atoms with van der Waals surface area (Å²) < 4.78 is 0. The van der Waals surface area contributed by atoms with Gasteiger partial charge in [-0.3, -0.25) is 4.79 Å². The summed E-state index contributed by atoms with van der Waals surface area (Å²) in [7, 11) is 0. The Morgan fingerprint density at radius 3 is 2.39 bits per heavy atom. The Kier molecular flexibility index (Phi) is 8.11. The van der Waals surface area contributed by atoms with Gasteiger partial charge in [-0.25, -0.2) is 0 Å². The summed E-state index contributed by atoms with van der Waals surface area (Å²) in [6, 6.07) is 0.469. The number of unbranched alkanes of at least 4 members (excludes halogenated alkanes) is 2. The highest BCUT2D eigenvalue weighted by atomic mass is 16.1. The molecule has 0 aromatic heterocycles. The largest absolute Gasteiger partial charge is 0.353 e. The lowest BCUT2D eigenvalue weighted by Gasteiger charge is -2.25. The maximum absolute atomic E-state index is 12.3. The van der Waals surface area contributed by atoms with E-state index in [1.807, 2.05) is 0 Å². The average molecular weight is 253 g/mol. The van der Waals surface area contributed by atoms with E-state index < -0.39 is 0 Å². The Balaban J connectivity index is 2.32. The fourth-order valence-electron chi connectivity index (χ4n) is 2.96. The first-order chi connectivity index (χ1) is 8.77. The number of nitrogens with one attached hydrogen (secondary N) is 1. The molecule has 1 fully saturated rings. The Morgan fingerprint density at radius 1 is 1.06 bits per heavy atom. The molecule has 1 amide bonds. The first kappa shape index (κ1) is 15.5. The van der Waals surface area contributed by atoms with Crippen LogP contribution in [0.1, 0.15) is 84.5 Å². The molecule has 0 aromatic carbocycles. The lowest BCUT2D eigenvalue weighted by atomic mass is 9.92. The van der Waals surface area contributed by atoms with Gasteiger partial charge in [0.2, 0.25) is 5.91 Å². The van der Waals surface area contributed by atoms with Crippen LogP contribution in [-0.2, 0) is 4.79 Å². The number of carbonyl (C=O) groups excluding carboxylic acids is 1. The summed E-state index contributed by atoms with van der Waals surface area (Å²) in [6.07, 6.45) is 13.3. The van der Waals surface area contributed by atoms with Crippen LogP contribution >= 0.6 is 0 Å². The summed E-state index contributed by atoms with van der Waals surface area (Å²) in [5.74, 6) is 0.600. The Labute approximate surface area is 113 Å². The maximum Gasteiger partial charge on any atom is 0.223 e. The molecule has 0 heterocycles. The molecular weight excluding hydrogens is 222 g/mol. The van der Waals surface area contributed by atoms with E-state index in [0.717, 1.165) is 19.3 Å². The van der Waals surface area contributed by atoms with Crippen molar-refractivity contribution in [2.24, 2.45) is 5.92 Å². The molecule has 106 valence electrons. The van der Waals surface area contributed by atoms with Crippen LogP contribution in [0.3, 0.4) is 0 Å². The van der Waals surface area contributed by atoms with Gasteiger partial charge in [0.05, 0.1) is 0 Å². The summed E-state index contributed by atoms with van der Waals surface area (Å²) in [6.45, 7) is 4.40. The van der Waals surface area contributed by atoms with Crippen LogP contribution in [0, 0.1) is 5.92 Å². The monoisotopic (exact) mass is 253 g/mol. The highest BCUT2D eigenvalue weighted by molar-refractivity contribution is 5.78. The van der Waals surface area contributed by atoms with Crippen LogP contribution in [-0.4, -0.2) is 11.9 Å². The number of carbonyl (C=O) groups is 1. The minimum atomic E-state index is 0.267. The first-order valence-electron chi connectivity index (χ1n) is 8.08. The quantitative estimate of drug-likeness (QED) is 0.637. The Morgan fingerprint density at radius 2 is 1.78 bits per heavy atom. The van der Waals surface area contributed by atoms with Gasteiger partial charge in [-0.15, -0.1) is 0 Å². The molecule has 0 bridgehead atoms. The van der Waals surface area contributed by atoms with Gasteiger partial charge in [0, 0.05) is 12.0 Å². The smallest absolute Gasteiger partial charge is 0.223 e. The molecule has 1 aliphatic rings. The van der Waals surface area contributed by atoms with E-state index in [9.17, 15) is 4.79 Å². The number of hydrogen-bond donors (Lipinski definition) is 1. The van der Waals surface area contributed by atoms with Gasteiger partial charge < -0.3 is 5.32 Å². The van der Waals surface area contributed by atoms with Crippen LogP contribution < -0.4 is 5.32 Å². The van der Waals surface area contributed by atoms with Crippen molar-refractivity contribution < 1.29 is 4.79 Å². The lowest BCUT2D eigenvalue weighted by molar-refractivity contribution is -0.126. The van der Waals surface area contributed by atoms with E-state index in [0.29, 0.717) is 11.9 Å². The fourth-order valence-corrected chi connectivity index (χ4v) is 2.96. The number of amides is 1. The average Bonchev–Trinajstić information content (AvgIpc) is 2.39. The topological polar surface area (TPSA) is 29.1 Å². The fraction of sp³-hybridized carbons (Fsp3) is 0.938. The second-order valence-electron chi connectivity index (χ2n) is 5.82. The third-order valence-electron chi connectivity index (χ3n) is 4.12. The van der Waals surface area contributed by atoms with Crippen molar-refractivity contribution in [2.75, 3.05) is 0 Å². The third-order valence-corrected chi connectivity index (χ3v) is 4.12. The molecule has 1 atom stereocenters. The zero-order valence-corrected chi connectivity index (χ0v) is 12.3. The van der Waals surface area contributed by atoms with Gasteiger partial charge in [-0.05, 0) is 25.7 Å². The number of rotatable bonds is 8. The molecule has 2 heteroatoms. The van der Waals surface area contributed by atoms with Crippen molar-refractivity contribution in [1.29, 1.82) is 0 Å². The van der Waals surface area contributed by atoms with Gasteiger partial charge in [0.25, 0.3) is 0 Å². The third kappa shape index (κ3) is 5.88. The minimum Gasteiger partial charge on any atom is -0.353 e. The molecule has 1 unspecified atom stereocenters. The highest BCUT2D eigenvalue weighted by Gasteiger charge is 2.21. The van der Waals surface area contributed by atoms with Gasteiger partial charge >= 0.3 is 0 Å². The number of hydrogen-bond acceptors (Lipinski definition) is 1. The van der Waals surface area contributed by atoms with Crippen LogP contribution in [0.15, 0.2) is 0 Å². The Hall–Kier alpha value is -0.530. The summed E-state index contributed by atoms with van der Waals surface area (Å²) in [4.78, 5) is 12.3. The van der Waals surface area contributed by atoms with Crippen LogP contribution in [0.4, 0.5) is 0 Å². The predicted molar refractivity (Wildman–Crippen MR) is 77.6 cm³/mol. The zero-order chi connectivity index (χ0) is 13.2. The van der Waals surface area contributed by atoms with E-state index in [1.54, 1.807) is 0 Å². The second-order valence-corrected chi connectivity index (χ2v) is 5.82. The van der Waals surface area contributed by atoms with Crippen molar-refractivity contribution >= 4 is 5.91 Å². The van der Waals surface area contributed by atoms with Crippen molar-refractivity contribution in [3.63, 3.8) is 0 Å². The molecule has 1 N–H and O–H groups in total. The first-order valence-corrected chi connectivity index (χ1v) is 8.08. The molecule has 0 aromatic rings. The van der Waals surface area contributed by atoms with Crippen molar-refractivity contribution in [1.82, 2.24) is 5.32 Å². The van der Waals surface area contributed by atoms with Crippen molar-refractivity contribution in [3.05, 3.63) is 0 Å². The van der Waals surface area contributed by atoms with E-state index >= 15 is 0 Å². The molecular formula is C16H31NO. The Bertz CT molecular complexity index is 221. The van der Waals surface area contributed by atoms with Crippen LogP contribution in [0.25, 0.3) is 0 Å². The van der Waals surface area contributed by atoms with Gasteiger partial charge in [0.15, 0.2) is 0 Å². The standard InChI is InChI=1S/C16H31NO/c1-3-5-7-11-14(10-4-2)16(18)17-15-12-8-6-9-13-15/h14-15H,3-13H2,1-2H3,(H,17,18). The van der Waals surface area contributed by atoms with E-state index in [-0.39, 0.29) is 5.92 Å². The molecule has 1 aliphatic carbocycles. The van der Waals surface area contributed by atoms with E-state index in [1.165, 1.54) is 51.4 Å². The molecule has 2 nitrogen and oxygen atoms in total. The molecule has 0 aliphatic heterocycles. The van der Waals surface area contributed by atoms with Gasteiger partial charge in [0.1, 0.15) is 0 Å². The SMILES string of the molecule is CCCCCC(CCC)C(=O)NC1CCCCC1. The van der Waals surface area contributed by atoms with Crippen LogP contribution in [0.2, 0.25) is 0 Å².